The topological polar surface area (TPSA) is 86.5 Å². The minimum atomic E-state index is -0.320. The van der Waals surface area contributed by atoms with E-state index < -0.39 is 0 Å². The number of amides is 1. The van der Waals surface area contributed by atoms with E-state index in [-0.39, 0.29) is 17.8 Å². The molecular weight excluding hydrogens is 378 g/mol. The van der Waals surface area contributed by atoms with Crippen molar-refractivity contribution in [3.05, 3.63) is 48.0 Å². The number of aromatic nitrogens is 2. The van der Waals surface area contributed by atoms with Gasteiger partial charge in [0.2, 0.25) is 0 Å². The lowest BCUT2D eigenvalue weighted by atomic mass is 10.2. The van der Waals surface area contributed by atoms with Gasteiger partial charge in [-0.25, -0.2) is 0 Å². The molecule has 146 valence electrons. The van der Waals surface area contributed by atoms with E-state index in [0.29, 0.717) is 27.9 Å². The van der Waals surface area contributed by atoms with Crippen LogP contribution >= 0.6 is 11.8 Å². The van der Waals surface area contributed by atoms with E-state index in [2.05, 4.69) is 29.4 Å². The third kappa shape index (κ3) is 4.64. The Labute approximate surface area is 167 Å². The molecule has 0 unspecified atom stereocenters. The Balaban J connectivity index is 1.79. The molecule has 0 aliphatic heterocycles. The number of hydrogen-bond acceptors (Lipinski definition) is 7. The van der Waals surface area contributed by atoms with Crippen LogP contribution in [-0.4, -0.2) is 35.6 Å². The Hall–Kier alpha value is -3.00. The van der Waals surface area contributed by atoms with Crippen LogP contribution in [0.25, 0.3) is 11.5 Å². The Morgan fingerprint density at radius 3 is 2.64 bits per heavy atom. The van der Waals surface area contributed by atoms with Crippen molar-refractivity contribution in [3.63, 3.8) is 0 Å². The van der Waals surface area contributed by atoms with Crippen LogP contribution in [0, 0.1) is 0 Å². The van der Waals surface area contributed by atoms with E-state index in [9.17, 15) is 4.79 Å². The Morgan fingerprint density at radius 1 is 1.11 bits per heavy atom. The second kappa shape index (κ2) is 8.79. The van der Waals surface area contributed by atoms with Crippen molar-refractivity contribution in [1.82, 2.24) is 10.2 Å². The summed E-state index contributed by atoms with van der Waals surface area (Å²) in [6, 6.07) is 12.6. The van der Waals surface area contributed by atoms with Crippen LogP contribution in [0.5, 0.6) is 11.5 Å². The molecule has 1 N–H and O–H groups in total. The summed E-state index contributed by atoms with van der Waals surface area (Å²) in [4.78, 5) is 13.6. The van der Waals surface area contributed by atoms with Gasteiger partial charge < -0.3 is 13.9 Å². The molecule has 8 heteroatoms. The Kier molecular flexibility index (Phi) is 6.20. The van der Waals surface area contributed by atoms with Gasteiger partial charge in [0, 0.05) is 15.7 Å². The highest BCUT2D eigenvalue weighted by molar-refractivity contribution is 7.99. The first-order valence-corrected chi connectivity index (χ1v) is 9.52. The highest BCUT2D eigenvalue weighted by Crippen LogP contribution is 2.33. The van der Waals surface area contributed by atoms with Gasteiger partial charge in [-0.3, -0.25) is 10.1 Å². The maximum Gasteiger partial charge on any atom is 0.322 e. The number of methoxy groups -OCH3 is 2. The average Bonchev–Trinajstić information content (AvgIpc) is 3.15. The second-order valence-corrected chi connectivity index (χ2v) is 7.78. The van der Waals surface area contributed by atoms with Gasteiger partial charge in [0.25, 0.3) is 11.8 Å². The van der Waals surface area contributed by atoms with Gasteiger partial charge in [-0.1, -0.05) is 25.0 Å². The molecule has 1 aromatic heterocycles. The molecule has 2 aromatic carbocycles. The van der Waals surface area contributed by atoms with Crippen LogP contribution in [0.4, 0.5) is 6.01 Å². The molecule has 3 aromatic rings. The third-order valence-corrected chi connectivity index (χ3v) is 4.75. The van der Waals surface area contributed by atoms with E-state index in [4.69, 9.17) is 13.9 Å². The maximum atomic E-state index is 12.5. The van der Waals surface area contributed by atoms with Gasteiger partial charge in [-0.05, 0) is 36.4 Å². The Bertz CT molecular complexity index is 972. The summed E-state index contributed by atoms with van der Waals surface area (Å²) in [6.07, 6.45) is 0. The van der Waals surface area contributed by atoms with Crippen LogP contribution < -0.4 is 14.8 Å². The molecule has 1 heterocycles. The predicted molar refractivity (Wildman–Crippen MR) is 108 cm³/mol. The van der Waals surface area contributed by atoms with Crippen LogP contribution in [-0.2, 0) is 0 Å². The molecule has 0 aliphatic carbocycles. The van der Waals surface area contributed by atoms with Gasteiger partial charge in [0.15, 0.2) is 0 Å². The molecule has 28 heavy (non-hydrogen) atoms. The van der Waals surface area contributed by atoms with Crippen molar-refractivity contribution >= 4 is 23.7 Å². The van der Waals surface area contributed by atoms with Gasteiger partial charge in [-0.15, -0.1) is 16.9 Å². The number of carbonyl (C=O) groups excluding carboxylic acids is 1. The quantitative estimate of drug-likeness (QED) is 0.585. The number of rotatable bonds is 7. The third-order valence-electron chi connectivity index (χ3n) is 3.75. The van der Waals surface area contributed by atoms with Crippen LogP contribution in [0.3, 0.4) is 0 Å². The minimum absolute atomic E-state index is 0.00629. The summed E-state index contributed by atoms with van der Waals surface area (Å²) < 4.78 is 16.2. The molecule has 0 bridgehead atoms. The number of nitrogens with zero attached hydrogens (tertiary/aromatic N) is 2. The molecule has 0 radical (unpaired) electrons. The second-order valence-electron chi connectivity index (χ2n) is 6.13. The molecule has 3 rings (SSSR count). The first-order chi connectivity index (χ1) is 13.5. The monoisotopic (exact) mass is 399 g/mol. The fourth-order valence-electron chi connectivity index (χ4n) is 2.52. The lowest BCUT2D eigenvalue weighted by molar-refractivity contribution is 0.102. The van der Waals surface area contributed by atoms with Crippen molar-refractivity contribution in [2.75, 3.05) is 19.5 Å². The van der Waals surface area contributed by atoms with Crippen molar-refractivity contribution in [1.29, 1.82) is 0 Å². The van der Waals surface area contributed by atoms with Crippen molar-refractivity contribution in [2.45, 2.75) is 24.0 Å². The molecule has 0 fully saturated rings. The highest BCUT2D eigenvalue weighted by Gasteiger charge is 2.17. The summed E-state index contributed by atoms with van der Waals surface area (Å²) in [5.74, 6) is 1.08. The fourth-order valence-corrected chi connectivity index (χ4v) is 3.41. The number of nitrogens with one attached hydrogen (secondary N) is 1. The number of ether oxygens (including phenoxy) is 2. The van der Waals surface area contributed by atoms with Crippen molar-refractivity contribution < 1.29 is 18.7 Å². The van der Waals surface area contributed by atoms with Gasteiger partial charge >= 0.3 is 6.01 Å². The van der Waals surface area contributed by atoms with Gasteiger partial charge in [-0.2, -0.15) is 0 Å². The van der Waals surface area contributed by atoms with Crippen LogP contribution in [0.15, 0.2) is 51.8 Å². The first-order valence-electron chi connectivity index (χ1n) is 8.64. The number of benzene rings is 2. The molecule has 0 aliphatic rings. The smallest absolute Gasteiger partial charge is 0.322 e. The summed E-state index contributed by atoms with van der Waals surface area (Å²) in [5.41, 5.74) is 1.09. The van der Waals surface area contributed by atoms with E-state index in [0.717, 1.165) is 4.90 Å². The standard InChI is InChI=1S/C20H21N3O4S/c1-12(2)28-15-7-5-6-13(10-15)18(24)21-20-23-22-19(27-20)16-11-14(25-3)8-9-17(16)26-4/h5-12H,1-4H3,(H,21,23,24). The lowest BCUT2D eigenvalue weighted by Gasteiger charge is -2.07. The minimum Gasteiger partial charge on any atom is -0.497 e. The first kappa shape index (κ1) is 19.8. The average molecular weight is 399 g/mol. The van der Waals surface area contributed by atoms with Crippen molar-refractivity contribution in [2.24, 2.45) is 0 Å². The molecule has 1 amide bonds. The summed E-state index contributed by atoms with van der Waals surface area (Å²) in [5, 5.41) is 11.0. The normalized spacial score (nSPS) is 10.8. The molecular formula is C20H21N3O4S. The summed E-state index contributed by atoms with van der Waals surface area (Å²) in [7, 11) is 3.11. The van der Waals surface area contributed by atoms with E-state index in [1.54, 1.807) is 50.2 Å². The van der Waals surface area contributed by atoms with Crippen LogP contribution in [0.1, 0.15) is 24.2 Å². The Morgan fingerprint density at radius 2 is 1.93 bits per heavy atom. The van der Waals surface area contributed by atoms with Crippen LogP contribution in [0.2, 0.25) is 0 Å². The molecule has 7 nitrogen and oxygen atoms in total. The van der Waals surface area contributed by atoms with Gasteiger partial charge in [0.05, 0.1) is 19.8 Å². The fraction of sp³-hybridized carbons (Fsp3) is 0.250. The summed E-state index contributed by atoms with van der Waals surface area (Å²) in [6.45, 7) is 4.20. The SMILES string of the molecule is COc1ccc(OC)c(-c2nnc(NC(=O)c3cccc(SC(C)C)c3)o2)c1. The molecule has 0 spiro atoms. The zero-order valence-electron chi connectivity index (χ0n) is 16.1. The van der Waals surface area contributed by atoms with E-state index in [1.807, 2.05) is 18.2 Å². The zero-order chi connectivity index (χ0) is 20.1. The zero-order valence-corrected chi connectivity index (χ0v) is 16.9. The number of thioether (sulfide) groups is 1. The molecule has 0 atom stereocenters. The largest absolute Gasteiger partial charge is 0.497 e. The number of hydrogen-bond donors (Lipinski definition) is 1. The van der Waals surface area contributed by atoms with E-state index >= 15 is 0 Å². The lowest BCUT2D eigenvalue weighted by Crippen LogP contribution is -2.12. The highest BCUT2D eigenvalue weighted by atomic mass is 32.2. The molecule has 0 saturated carbocycles. The predicted octanol–water partition coefficient (Wildman–Crippen LogP) is 4.51. The van der Waals surface area contributed by atoms with E-state index in [1.165, 1.54) is 0 Å². The summed E-state index contributed by atoms with van der Waals surface area (Å²) >= 11 is 1.69. The number of anilines is 1. The van der Waals surface area contributed by atoms with Crippen molar-refractivity contribution in [3.8, 4) is 23.0 Å². The van der Waals surface area contributed by atoms with Gasteiger partial charge in [0.1, 0.15) is 11.5 Å². The maximum absolute atomic E-state index is 12.5. The molecule has 0 saturated heterocycles. The number of carbonyl (C=O) groups is 1.